The first-order chi connectivity index (χ1) is 1.41. The molecule has 0 aromatic rings. The Balaban J connectivity index is -0.00000000333. The van der Waals surface area contributed by atoms with E-state index in [9.17, 15) is 0 Å². The average Bonchev–Trinajstić information content (AvgIpc) is 0.918. The summed E-state index contributed by atoms with van der Waals surface area (Å²) in [6, 6.07) is 0. The van der Waals surface area contributed by atoms with Crippen LogP contribution in [0.3, 0.4) is 0 Å². The van der Waals surface area contributed by atoms with Gasteiger partial charge in [0.15, 0.2) is 0 Å². The minimum atomic E-state index is 0. The fourth-order valence-electron chi connectivity index (χ4n) is 0. The zero-order valence-electron chi connectivity index (χ0n) is 5.29. The van der Waals surface area contributed by atoms with E-state index in [4.69, 9.17) is 0 Å². The number of nitrogens with one attached hydrogen (secondary N) is 1. The third-order valence-corrected chi connectivity index (χ3v) is 0. The Hall–Kier alpha value is 2.87. The second-order valence-corrected chi connectivity index (χ2v) is 1.27. The van der Waals surface area contributed by atoms with Crippen LogP contribution in [0, 0.1) is 0 Å². The molecule has 0 spiro atoms. The summed E-state index contributed by atoms with van der Waals surface area (Å²) in [6.07, 6.45) is 0. The van der Waals surface area contributed by atoms with Gasteiger partial charge in [0.25, 0.3) is 0 Å². The topological polar surface area (TPSA) is 12.0 Å². The van der Waals surface area contributed by atoms with Gasteiger partial charge in [0.2, 0.25) is 0 Å². The van der Waals surface area contributed by atoms with E-state index in [0.29, 0.717) is 0 Å². The first-order valence-corrected chi connectivity index (χ1v) is 1.77. The van der Waals surface area contributed by atoms with E-state index in [-0.39, 0.29) is 67.9 Å². The Morgan fingerprint density at radius 2 is 1.80 bits per heavy atom. The number of rotatable bonds is 0. The number of hydrogen-bond donors (Lipinski definition) is 1. The molecule has 1 N–H and O–H groups in total. The van der Waals surface area contributed by atoms with Gasteiger partial charge in [-0.3, -0.25) is 3.53 Å². The zero-order chi connectivity index (χ0) is 2.71. The minimum absolute atomic E-state index is 0. The molecule has 2 radical (unpaired) electrons. The van der Waals surface area contributed by atoms with Crippen LogP contribution in [-0.2, 0) is 0 Å². The Morgan fingerprint density at radius 3 is 1.80 bits per heavy atom. The molecule has 0 rings (SSSR count). The Kier molecular flexibility index (Phi) is 49.5. The average molecular weight is 408 g/mol. The molecule has 30 valence electrons. The van der Waals surface area contributed by atoms with Crippen molar-refractivity contribution in [2.75, 3.05) is 7.05 Å². The van der Waals surface area contributed by atoms with Crippen molar-refractivity contribution in [2.45, 2.75) is 0 Å². The van der Waals surface area contributed by atoms with E-state index in [1.165, 1.54) is 0 Å². The third kappa shape index (κ3) is 19.8. The van der Waals surface area contributed by atoms with Gasteiger partial charge in [-0.15, -0.1) is 0 Å². The molecular formula is CH8CaINPb. The molecule has 0 aliphatic carbocycles. The molecule has 0 bridgehead atoms. The molecule has 4 heteroatoms. The summed E-state index contributed by atoms with van der Waals surface area (Å²) in [4.78, 5) is 0. The van der Waals surface area contributed by atoms with Gasteiger partial charge in [-0.2, -0.15) is 0 Å². The van der Waals surface area contributed by atoms with Gasteiger partial charge in [0.05, 0.1) is 0 Å². The van der Waals surface area contributed by atoms with Crippen LogP contribution in [0.1, 0.15) is 2.85 Å². The van der Waals surface area contributed by atoms with Crippen molar-refractivity contribution in [2.24, 2.45) is 0 Å². The van der Waals surface area contributed by atoms with Crippen molar-refractivity contribution in [3.63, 3.8) is 0 Å². The van der Waals surface area contributed by atoms with Crippen molar-refractivity contribution in [3.8, 4) is 0 Å². The van der Waals surface area contributed by atoms with Gasteiger partial charge < -0.3 is 2.85 Å². The molecule has 0 amide bonds. The maximum atomic E-state index is 2.72. The fourth-order valence-corrected chi connectivity index (χ4v) is 0. The van der Waals surface area contributed by atoms with E-state index in [1.807, 2.05) is 29.9 Å². The van der Waals surface area contributed by atoms with Gasteiger partial charge in [0, 0.05) is 22.9 Å². The summed E-state index contributed by atoms with van der Waals surface area (Å²) in [5.41, 5.74) is 0. The van der Waals surface area contributed by atoms with Crippen LogP contribution in [0.15, 0.2) is 0 Å². The first-order valence-electron chi connectivity index (χ1n) is 0.689. The third-order valence-electron chi connectivity index (χ3n) is 0. The van der Waals surface area contributed by atoms with Crippen molar-refractivity contribution in [1.29, 1.82) is 0 Å². The molecule has 1 nitrogen and oxygen atoms in total. The normalized spacial score (nSPS) is 3.60. The van der Waals surface area contributed by atoms with Gasteiger partial charge in [-0.25, -0.2) is 0 Å². The van der Waals surface area contributed by atoms with E-state index in [2.05, 4.69) is 3.53 Å². The molecule has 0 heterocycles. The van der Waals surface area contributed by atoms with Crippen LogP contribution in [0.4, 0.5) is 0 Å². The monoisotopic (exact) mass is 409 g/mol. The second-order valence-electron chi connectivity index (χ2n) is 0.189. The Bertz CT molecular complexity index is 17.7. The molecule has 0 unspecified atom stereocenters. The van der Waals surface area contributed by atoms with Crippen LogP contribution >= 0.6 is 22.9 Å². The standard InChI is InChI=1S/CH4IN.Ca.Pb.4H/c1-3-2;;;;;;/h3H,1H3;;;;;;/q;+2;;;;2*-1. The fraction of sp³-hybridized carbons (Fsp3) is 1.00. The molecule has 0 aromatic heterocycles. The molecule has 0 aromatic carbocycles. The van der Waals surface area contributed by atoms with Crippen molar-refractivity contribution < 1.29 is 2.85 Å². The maximum absolute atomic E-state index is 2.72. The molecular weight excluding hydrogens is 400 g/mol. The molecule has 0 saturated carbocycles. The van der Waals surface area contributed by atoms with Gasteiger partial charge in [-0.1, -0.05) is 0 Å². The summed E-state index contributed by atoms with van der Waals surface area (Å²) >= 11 is 2.04. The summed E-state index contributed by atoms with van der Waals surface area (Å²) in [6.45, 7) is 0. The molecule has 0 aliphatic rings. The SMILES string of the molecule is CNI.[Ca+2].[H-].[H-].[PbH2]. The van der Waals surface area contributed by atoms with Crippen LogP contribution < -0.4 is 3.53 Å². The predicted molar refractivity (Wildman–Crippen MR) is 39.6 cm³/mol. The van der Waals surface area contributed by atoms with Crippen molar-refractivity contribution in [3.05, 3.63) is 0 Å². The van der Waals surface area contributed by atoms with Crippen LogP contribution in [0.25, 0.3) is 0 Å². The Morgan fingerprint density at radius 1 is 1.80 bits per heavy atom. The number of halogens is 1. The first kappa shape index (κ1) is 15.7. The quantitative estimate of drug-likeness (QED) is 0.324. The number of hydrogen-bond acceptors (Lipinski definition) is 1. The summed E-state index contributed by atoms with van der Waals surface area (Å²) in [5, 5.41) is 0. The van der Waals surface area contributed by atoms with Gasteiger partial charge >= 0.3 is 65.0 Å². The predicted octanol–water partition coefficient (Wildman–Crippen LogP) is -0.516. The molecule has 0 atom stereocenters. The summed E-state index contributed by atoms with van der Waals surface area (Å²) in [7, 11) is 1.86. The summed E-state index contributed by atoms with van der Waals surface area (Å²) in [5.74, 6) is 0. The van der Waals surface area contributed by atoms with E-state index < -0.39 is 0 Å². The van der Waals surface area contributed by atoms with E-state index in [0.717, 1.165) is 0 Å². The molecule has 0 aliphatic heterocycles. The van der Waals surface area contributed by atoms with Crippen molar-refractivity contribution >= 4 is 87.9 Å². The van der Waals surface area contributed by atoms with Crippen LogP contribution in [0.5, 0.6) is 0 Å². The zero-order valence-corrected chi connectivity index (χ0v) is 13.2. The van der Waals surface area contributed by atoms with Crippen LogP contribution in [0.2, 0.25) is 0 Å². The molecule has 0 fully saturated rings. The van der Waals surface area contributed by atoms with E-state index in [1.54, 1.807) is 0 Å². The summed E-state index contributed by atoms with van der Waals surface area (Å²) < 4.78 is 2.72. The van der Waals surface area contributed by atoms with Crippen LogP contribution in [-0.4, -0.2) is 72.1 Å². The second kappa shape index (κ2) is 15.8. The Labute approximate surface area is 99.3 Å². The van der Waals surface area contributed by atoms with Crippen molar-refractivity contribution in [1.82, 2.24) is 3.53 Å². The van der Waals surface area contributed by atoms with E-state index >= 15 is 0 Å². The molecule has 5 heavy (non-hydrogen) atoms. The van der Waals surface area contributed by atoms with Gasteiger partial charge in [-0.05, 0) is 7.05 Å². The molecule has 0 saturated heterocycles. The van der Waals surface area contributed by atoms with Gasteiger partial charge in [0.1, 0.15) is 0 Å².